The second-order valence-electron chi connectivity index (χ2n) is 3.95. The minimum Gasteiger partial charge on any atom is -0.327 e. The summed E-state index contributed by atoms with van der Waals surface area (Å²) in [5, 5.41) is 5.44. The van der Waals surface area contributed by atoms with Crippen molar-refractivity contribution in [3.05, 3.63) is 16.6 Å². The van der Waals surface area contributed by atoms with Crippen LogP contribution in [-0.4, -0.2) is 17.6 Å². The van der Waals surface area contributed by atoms with Gasteiger partial charge in [0.2, 0.25) is 0 Å². The molecule has 3 N–H and O–H groups in total. The van der Waals surface area contributed by atoms with Gasteiger partial charge in [-0.25, -0.2) is 4.98 Å². The normalized spacial score (nSPS) is 18.4. The van der Waals surface area contributed by atoms with Crippen molar-refractivity contribution in [1.29, 1.82) is 0 Å². The maximum atomic E-state index is 5.98. The van der Waals surface area contributed by atoms with Crippen molar-refractivity contribution in [2.45, 2.75) is 31.8 Å². The van der Waals surface area contributed by atoms with Crippen LogP contribution in [0.5, 0.6) is 0 Å². The third-order valence-electron chi connectivity index (χ3n) is 2.67. The first-order valence-corrected chi connectivity index (χ1v) is 6.14. The molecule has 3 nitrogen and oxygen atoms in total. The number of nitrogens with one attached hydrogen (secondary N) is 1. The highest BCUT2D eigenvalue weighted by molar-refractivity contribution is 7.07. The topological polar surface area (TPSA) is 50.9 Å². The molecule has 0 spiro atoms. The van der Waals surface area contributed by atoms with Gasteiger partial charge in [-0.05, 0) is 31.7 Å². The van der Waals surface area contributed by atoms with Crippen LogP contribution in [0.25, 0.3) is 0 Å². The van der Waals surface area contributed by atoms with Gasteiger partial charge in [0.15, 0.2) is 0 Å². The average molecular weight is 211 g/mol. The maximum Gasteiger partial charge on any atom is 0.0795 e. The molecule has 4 heteroatoms. The molecule has 0 bridgehead atoms. The van der Waals surface area contributed by atoms with Crippen molar-refractivity contribution in [1.82, 2.24) is 10.3 Å². The van der Waals surface area contributed by atoms with Crippen LogP contribution < -0.4 is 11.1 Å². The molecule has 1 aromatic heterocycles. The largest absolute Gasteiger partial charge is 0.327 e. The third kappa shape index (κ3) is 3.04. The van der Waals surface area contributed by atoms with Crippen LogP contribution in [0.3, 0.4) is 0 Å². The van der Waals surface area contributed by atoms with Crippen molar-refractivity contribution in [3.63, 3.8) is 0 Å². The average Bonchev–Trinajstić information content (AvgIpc) is 2.92. The Morgan fingerprint density at radius 2 is 2.50 bits per heavy atom. The number of thiazole rings is 1. The second-order valence-corrected chi connectivity index (χ2v) is 4.67. The summed E-state index contributed by atoms with van der Waals surface area (Å²) in [5.41, 5.74) is 8.99. The Hall–Kier alpha value is -0.450. The van der Waals surface area contributed by atoms with Crippen molar-refractivity contribution >= 4 is 11.3 Å². The molecule has 14 heavy (non-hydrogen) atoms. The van der Waals surface area contributed by atoms with Gasteiger partial charge < -0.3 is 11.1 Å². The molecule has 0 radical (unpaired) electrons. The van der Waals surface area contributed by atoms with Gasteiger partial charge in [0, 0.05) is 18.0 Å². The van der Waals surface area contributed by atoms with E-state index in [9.17, 15) is 0 Å². The number of nitrogens with zero attached hydrogens (tertiary/aromatic N) is 1. The summed E-state index contributed by atoms with van der Waals surface area (Å²) in [5.74, 6) is 0.816. The Morgan fingerprint density at radius 1 is 1.64 bits per heavy atom. The summed E-state index contributed by atoms with van der Waals surface area (Å²) in [7, 11) is 0. The summed E-state index contributed by atoms with van der Waals surface area (Å²) in [6.07, 6.45) is 3.77. The molecule has 0 aliphatic heterocycles. The molecule has 1 fully saturated rings. The van der Waals surface area contributed by atoms with Crippen LogP contribution in [0.15, 0.2) is 10.9 Å². The molecule has 1 saturated carbocycles. The van der Waals surface area contributed by atoms with E-state index >= 15 is 0 Å². The quantitative estimate of drug-likeness (QED) is 0.699. The standard InChI is InChI=1S/C10H17N3S/c11-10(8-1-2-8)3-4-12-5-9-6-14-7-13-9/h6-8,10,12H,1-5,11H2. The molecule has 1 aliphatic carbocycles. The number of aromatic nitrogens is 1. The second kappa shape index (κ2) is 4.87. The molecule has 0 amide bonds. The Labute approximate surface area is 88.7 Å². The van der Waals surface area contributed by atoms with E-state index in [1.165, 1.54) is 12.8 Å². The van der Waals surface area contributed by atoms with E-state index in [1.807, 2.05) is 5.51 Å². The maximum absolute atomic E-state index is 5.98. The summed E-state index contributed by atoms with van der Waals surface area (Å²) >= 11 is 1.64. The van der Waals surface area contributed by atoms with Gasteiger partial charge in [0.05, 0.1) is 11.2 Å². The highest BCUT2D eigenvalue weighted by Gasteiger charge is 2.27. The fourth-order valence-electron chi connectivity index (χ4n) is 1.57. The van der Waals surface area contributed by atoms with Gasteiger partial charge in [0.1, 0.15) is 0 Å². The lowest BCUT2D eigenvalue weighted by Crippen LogP contribution is -2.28. The summed E-state index contributed by atoms with van der Waals surface area (Å²) in [4.78, 5) is 4.21. The monoisotopic (exact) mass is 211 g/mol. The first-order chi connectivity index (χ1) is 6.86. The van der Waals surface area contributed by atoms with Crippen LogP contribution >= 0.6 is 11.3 Å². The van der Waals surface area contributed by atoms with Crippen molar-refractivity contribution in [2.24, 2.45) is 11.7 Å². The van der Waals surface area contributed by atoms with E-state index in [0.717, 1.165) is 31.1 Å². The lowest BCUT2D eigenvalue weighted by Gasteiger charge is -2.09. The van der Waals surface area contributed by atoms with Gasteiger partial charge in [-0.15, -0.1) is 11.3 Å². The highest BCUT2D eigenvalue weighted by Crippen LogP contribution is 2.32. The van der Waals surface area contributed by atoms with E-state index in [0.29, 0.717) is 6.04 Å². The number of rotatable bonds is 6. The summed E-state index contributed by atoms with van der Waals surface area (Å²) in [6, 6.07) is 0.415. The first kappa shape index (κ1) is 10.1. The first-order valence-electron chi connectivity index (χ1n) is 5.19. The van der Waals surface area contributed by atoms with Crippen molar-refractivity contribution in [3.8, 4) is 0 Å². The molecule has 2 rings (SSSR count). The molecule has 78 valence electrons. The molecule has 0 saturated heterocycles. The number of hydrogen-bond acceptors (Lipinski definition) is 4. The van der Waals surface area contributed by atoms with Crippen molar-refractivity contribution < 1.29 is 0 Å². The molecule has 1 unspecified atom stereocenters. The molecular formula is C10H17N3S. The fraction of sp³-hybridized carbons (Fsp3) is 0.700. The molecular weight excluding hydrogens is 194 g/mol. The van der Waals surface area contributed by atoms with E-state index < -0.39 is 0 Å². The zero-order chi connectivity index (χ0) is 9.80. The zero-order valence-electron chi connectivity index (χ0n) is 8.28. The van der Waals surface area contributed by atoms with E-state index in [-0.39, 0.29) is 0 Å². The van der Waals surface area contributed by atoms with Gasteiger partial charge in [-0.2, -0.15) is 0 Å². The Bertz CT molecular complexity index is 256. The number of hydrogen-bond donors (Lipinski definition) is 2. The summed E-state index contributed by atoms with van der Waals surface area (Å²) in [6.45, 7) is 1.88. The molecule has 1 aromatic rings. The molecule has 1 atom stereocenters. The molecule has 1 heterocycles. The summed E-state index contributed by atoms with van der Waals surface area (Å²) < 4.78 is 0. The van der Waals surface area contributed by atoms with Gasteiger partial charge in [-0.3, -0.25) is 0 Å². The van der Waals surface area contributed by atoms with E-state index in [2.05, 4.69) is 15.7 Å². The molecule has 1 aliphatic rings. The van der Waals surface area contributed by atoms with Crippen LogP contribution in [0.4, 0.5) is 0 Å². The predicted molar refractivity (Wildman–Crippen MR) is 59.1 cm³/mol. The van der Waals surface area contributed by atoms with Gasteiger partial charge >= 0.3 is 0 Å². The highest BCUT2D eigenvalue weighted by atomic mass is 32.1. The van der Waals surface area contributed by atoms with Gasteiger partial charge in [-0.1, -0.05) is 0 Å². The Morgan fingerprint density at radius 3 is 3.14 bits per heavy atom. The minimum absolute atomic E-state index is 0.415. The van der Waals surface area contributed by atoms with E-state index in [1.54, 1.807) is 11.3 Å². The Kier molecular flexibility index (Phi) is 3.50. The van der Waals surface area contributed by atoms with Crippen LogP contribution in [-0.2, 0) is 6.54 Å². The third-order valence-corrected chi connectivity index (χ3v) is 3.31. The zero-order valence-corrected chi connectivity index (χ0v) is 9.09. The SMILES string of the molecule is NC(CCNCc1cscn1)C1CC1. The van der Waals surface area contributed by atoms with Crippen molar-refractivity contribution in [2.75, 3.05) is 6.54 Å². The lowest BCUT2D eigenvalue weighted by molar-refractivity contribution is 0.516. The fourth-order valence-corrected chi connectivity index (χ4v) is 2.13. The molecule has 0 aromatic carbocycles. The Balaban J connectivity index is 1.54. The van der Waals surface area contributed by atoms with Crippen LogP contribution in [0.1, 0.15) is 25.0 Å². The van der Waals surface area contributed by atoms with Crippen LogP contribution in [0.2, 0.25) is 0 Å². The van der Waals surface area contributed by atoms with Crippen LogP contribution in [0, 0.1) is 5.92 Å². The number of nitrogens with two attached hydrogens (primary N) is 1. The lowest BCUT2D eigenvalue weighted by atomic mass is 10.1. The van der Waals surface area contributed by atoms with E-state index in [4.69, 9.17) is 5.73 Å². The predicted octanol–water partition coefficient (Wildman–Crippen LogP) is 1.36. The van der Waals surface area contributed by atoms with Gasteiger partial charge in [0.25, 0.3) is 0 Å². The minimum atomic E-state index is 0.415. The smallest absolute Gasteiger partial charge is 0.0795 e.